The summed E-state index contributed by atoms with van der Waals surface area (Å²) in [4.78, 5) is 1.04. The summed E-state index contributed by atoms with van der Waals surface area (Å²) in [5.41, 5.74) is 1.97. The van der Waals surface area contributed by atoms with Crippen LogP contribution in [0.4, 0.5) is 19.0 Å². The maximum absolute atomic E-state index is 12.8. The molecular weight excluding hydrogens is 427 g/mol. The van der Waals surface area contributed by atoms with E-state index in [1.807, 2.05) is 12.1 Å². The summed E-state index contributed by atoms with van der Waals surface area (Å²) in [6.45, 7) is 0.826. The minimum atomic E-state index is -4.34. The van der Waals surface area contributed by atoms with Crippen molar-refractivity contribution in [2.45, 2.75) is 25.4 Å². The molecule has 0 aliphatic carbocycles. The molecule has 1 N–H and O–H groups in total. The second-order valence-corrected chi connectivity index (χ2v) is 8.58. The quantitative estimate of drug-likeness (QED) is 0.518. The second-order valence-electron chi connectivity index (χ2n) is 6.12. The number of fused-ring (bicyclic) bond motifs is 1. The number of alkyl halides is 3. The Morgan fingerprint density at radius 1 is 1.08 bits per heavy atom. The molecule has 0 unspecified atom stereocenters. The number of hydrogen-bond donors (Lipinski definition) is 1. The van der Waals surface area contributed by atoms with Gasteiger partial charge in [-0.05, 0) is 71.6 Å². The lowest BCUT2D eigenvalue weighted by atomic mass is 10.1. The number of thiophene rings is 1. The smallest absolute Gasteiger partial charge is 0.370 e. The molecule has 1 aliphatic rings. The van der Waals surface area contributed by atoms with E-state index in [9.17, 15) is 13.2 Å². The topological polar surface area (TPSA) is 29.9 Å². The van der Waals surface area contributed by atoms with Crippen molar-refractivity contribution in [2.75, 3.05) is 11.9 Å². The third-order valence-electron chi connectivity index (χ3n) is 4.38. The zero-order chi connectivity index (χ0) is 18.3. The van der Waals surface area contributed by atoms with Gasteiger partial charge >= 0.3 is 6.18 Å². The van der Waals surface area contributed by atoms with Crippen LogP contribution < -0.4 is 5.32 Å². The van der Waals surface area contributed by atoms with E-state index in [1.54, 1.807) is 16.0 Å². The molecule has 1 aliphatic heterocycles. The van der Waals surface area contributed by atoms with Crippen molar-refractivity contribution in [3.63, 3.8) is 0 Å². The molecule has 26 heavy (non-hydrogen) atoms. The molecule has 1 aromatic carbocycles. The molecule has 0 saturated heterocycles. The zero-order valence-electron chi connectivity index (χ0n) is 13.6. The lowest BCUT2D eigenvalue weighted by Crippen LogP contribution is -2.08. The molecule has 0 spiro atoms. The first-order chi connectivity index (χ1) is 12.4. The second kappa shape index (κ2) is 6.74. The van der Waals surface area contributed by atoms with E-state index in [2.05, 4.69) is 21.2 Å². The van der Waals surface area contributed by atoms with Crippen LogP contribution in [0.5, 0.6) is 0 Å². The zero-order valence-corrected chi connectivity index (χ0v) is 16.0. The largest absolute Gasteiger partial charge is 0.416 e. The number of aromatic nitrogens is 2. The summed E-state index contributed by atoms with van der Waals surface area (Å²) in [6.07, 6.45) is -1.34. The molecule has 0 radical (unpaired) electrons. The highest BCUT2D eigenvalue weighted by molar-refractivity contribution is 9.11. The van der Waals surface area contributed by atoms with Crippen LogP contribution in [0, 0.1) is 0 Å². The third kappa shape index (κ3) is 3.27. The number of nitrogens with one attached hydrogen (secondary N) is 1. The molecule has 3 aromatic rings. The fourth-order valence-corrected chi connectivity index (χ4v) is 4.52. The number of anilines is 1. The van der Waals surface area contributed by atoms with E-state index in [0.717, 1.165) is 63.7 Å². The van der Waals surface area contributed by atoms with Gasteiger partial charge in [-0.1, -0.05) is 0 Å². The predicted molar refractivity (Wildman–Crippen MR) is 101 cm³/mol. The monoisotopic (exact) mass is 441 g/mol. The van der Waals surface area contributed by atoms with Crippen LogP contribution in [-0.4, -0.2) is 16.3 Å². The van der Waals surface area contributed by atoms with Crippen molar-refractivity contribution in [1.82, 2.24) is 9.78 Å². The molecule has 0 amide bonds. The molecule has 3 heterocycles. The van der Waals surface area contributed by atoms with Crippen molar-refractivity contribution in [2.24, 2.45) is 0 Å². The van der Waals surface area contributed by atoms with Gasteiger partial charge in [-0.2, -0.15) is 18.3 Å². The van der Waals surface area contributed by atoms with Gasteiger partial charge in [0.1, 0.15) is 11.5 Å². The molecule has 0 fully saturated rings. The number of halogens is 4. The average Bonchev–Trinajstić information content (AvgIpc) is 3.10. The Morgan fingerprint density at radius 2 is 1.85 bits per heavy atom. The molecule has 136 valence electrons. The SMILES string of the molecule is FC(F)(F)c1ccc(-n2nc(-c3ccc(Br)s3)c3c2NCCCC3)cc1. The molecule has 2 aromatic heterocycles. The lowest BCUT2D eigenvalue weighted by molar-refractivity contribution is -0.137. The van der Waals surface area contributed by atoms with Gasteiger partial charge in [0.05, 0.1) is 19.9 Å². The van der Waals surface area contributed by atoms with Gasteiger partial charge in [0, 0.05) is 12.1 Å². The number of rotatable bonds is 2. The van der Waals surface area contributed by atoms with Gasteiger partial charge in [-0.3, -0.25) is 0 Å². The van der Waals surface area contributed by atoms with Gasteiger partial charge < -0.3 is 5.32 Å². The van der Waals surface area contributed by atoms with Gasteiger partial charge in [-0.15, -0.1) is 11.3 Å². The third-order valence-corrected chi connectivity index (χ3v) is 6.01. The Hall–Kier alpha value is -1.80. The summed E-state index contributed by atoms with van der Waals surface area (Å²) in [5.74, 6) is 0.877. The fraction of sp³-hybridized carbons (Fsp3) is 0.278. The van der Waals surface area contributed by atoms with Crippen LogP contribution in [0.2, 0.25) is 0 Å². The van der Waals surface area contributed by atoms with Crippen LogP contribution in [-0.2, 0) is 12.6 Å². The van der Waals surface area contributed by atoms with E-state index in [4.69, 9.17) is 5.10 Å². The van der Waals surface area contributed by atoms with Crippen molar-refractivity contribution in [3.05, 3.63) is 51.3 Å². The van der Waals surface area contributed by atoms with Crippen LogP contribution in [0.3, 0.4) is 0 Å². The Morgan fingerprint density at radius 3 is 2.50 bits per heavy atom. The molecule has 3 nitrogen and oxygen atoms in total. The maximum Gasteiger partial charge on any atom is 0.416 e. The molecule has 8 heteroatoms. The minimum absolute atomic E-state index is 0.616. The van der Waals surface area contributed by atoms with Gasteiger partial charge in [0.25, 0.3) is 0 Å². The van der Waals surface area contributed by atoms with Crippen LogP contribution >= 0.6 is 27.3 Å². The highest BCUT2D eigenvalue weighted by Crippen LogP contribution is 2.38. The van der Waals surface area contributed by atoms with Crippen molar-refractivity contribution in [3.8, 4) is 16.3 Å². The van der Waals surface area contributed by atoms with E-state index in [0.29, 0.717) is 5.69 Å². The van der Waals surface area contributed by atoms with E-state index in [-0.39, 0.29) is 0 Å². The van der Waals surface area contributed by atoms with E-state index in [1.165, 1.54) is 12.1 Å². The van der Waals surface area contributed by atoms with Crippen molar-refractivity contribution in [1.29, 1.82) is 0 Å². The van der Waals surface area contributed by atoms with Crippen molar-refractivity contribution >= 4 is 33.1 Å². The summed E-state index contributed by atoms with van der Waals surface area (Å²) in [5, 5.41) is 8.15. The van der Waals surface area contributed by atoms with Crippen LogP contribution in [0.25, 0.3) is 16.3 Å². The van der Waals surface area contributed by atoms with Gasteiger partial charge in [0.2, 0.25) is 0 Å². The number of hydrogen-bond acceptors (Lipinski definition) is 3. The van der Waals surface area contributed by atoms with Crippen molar-refractivity contribution < 1.29 is 13.2 Å². The van der Waals surface area contributed by atoms with Crippen LogP contribution in [0.1, 0.15) is 24.0 Å². The number of nitrogens with zero attached hydrogens (tertiary/aromatic N) is 2. The highest BCUT2D eigenvalue weighted by Gasteiger charge is 2.30. The van der Waals surface area contributed by atoms with E-state index >= 15 is 0 Å². The van der Waals surface area contributed by atoms with Gasteiger partial charge in [-0.25, -0.2) is 4.68 Å². The van der Waals surface area contributed by atoms with E-state index < -0.39 is 11.7 Å². The van der Waals surface area contributed by atoms with Gasteiger partial charge in [0.15, 0.2) is 0 Å². The first-order valence-corrected chi connectivity index (χ1v) is 9.83. The molecule has 0 atom stereocenters. The Bertz CT molecular complexity index is 928. The Kier molecular flexibility index (Phi) is 4.56. The molecule has 0 saturated carbocycles. The fourth-order valence-electron chi connectivity index (χ4n) is 3.12. The van der Waals surface area contributed by atoms with Crippen LogP contribution in [0.15, 0.2) is 40.2 Å². The summed E-state index contributed by atoms with van der Waals surface area (Å²) < 4.78 is 41.3. The summed E-state index contributed by atoms with van der Waals surface area (Å²) in [6, 6.07) is 9.13. The first kappa shape index (κ1) is 17.6. The number of benzene rings is 1. The Labute approximate surface area is 161 Å². The maximum atomic E-state index is 12.8. The standard InChI is InChI=1S/C18H15BrF3N3S/c19-15-9-8-14(26-15)16-13-3-1-2-10-23-17(13)25(24-16)12-6-4-11(5-7-12)18(20,21)22/h4-9,23H,1-3,10H2. The highest BCUT2D eigenvalue weighted by atomic mass is 79.9. The minimum Gasteiger partial charge on any atom is -0.370 e. The molecule has 0 bridgehead atoms. The molecule has 4 rings (SSSR count). The molecular formula is C18H15BrF3N3S. The summed E-state index contributed by atoms with van der Waals surface area (Å²) in [7, 11) is 0. The Balaban J connectivity index is 1.82. The normalized spacial score (nSPS) is 14.6. The predicted octanol–water partition coefficient (Wildman–Crippen LogP) is 6.13. The lowest BCUT2D eigenvalue weighted by Gasteiger charge is -2.11. The first-order valence-electron chi connectivity index (χ1n) is 8.22. The summed E-state index contributed by atoms with van der Waals surface area (Å²) >= 11 is 5.08. The average molecular weight is 442 g/mol.